The molecule has 1 N–H and O–H groups in total. The topological polar surface area (TPSA) is 121 Å². The van der Waals surface area contributed by atoms with Crippen LogP contribution in [-0.2, 0) is 29.3 Å². The highest BCUT2D eigenvalue weighted by Crippen LogP contribution is 2.57. The number of benzene rings is 1. The van der Waals surface area contributed by atoms with Gasteiger partial charge in [0.1, 0.15) is 23.6 Å². The average Bonchev–Trinajstić information content (AvgIpc) is 2.90. The quantitative estimate of drug-likeness (QED) is 0.751. The van der Waals surface area contributed by atoms with Gasteiger partial charge >= 0.3 is 5.97 Å². The number of hydrogen-bond acceptors (Lipinski definition) is 7. The Morgan fingerprint density at radius 1 is 1.33 bits per heavy atom. The van der Waals surface area contributed by atoms with Crippen LogP contribution in [0.2, 0.25) is 0 Å². The standard InChI is InChI=1S/C22H21N3O5/c1-21(2)8-15(26)18-16(9-21)30-19(24)13(10-23)22(18)12-6-4-5-7-14(12)25(20(22)28)11-17(27)29-3/h4-7,13,24H,8-9,11H2,1-3H3. The summed E-state index contributed by atoms with van der Waals surface area (Å²) in [6, 6.07) is 8.77. The van der Waals surface area contributed by atoms with Crippen LogP contribution in [0.3, 0.4) is 0 Å². The number of rotatable bonds is 2. The molecule has 0 bridgehead atoms. The molecule has 3 aliphatic rings. The zero-order valence-electron chi connectivity index (χ0n) is 16.9. The fourth-order valence-electron chi connectivity index (χ4n) is 4.83. The molecule has 2 unspecified atom stereocenters. The van der Waals surface area contributed by atoms with Crippen molar-refractivity contribution < 1.29 is 23.9 Å². The van der Waals surface area contributed by atoms with E-state index in [1.165, 1.54) is 12.0 Å². The Balaban J connectivity index is 2.04. The largest absolute Gasteiger partial charge is 0.468 e. The van der Waals surface area contributed by atoms with Crippen molar-refractivity contribution in [1.29, 1.82) is 10.7 Å². The molecule has 8 nitrogen and oxygen atoms in total. The van der Waals surface area contributed by atoms with Crippen LogP contribution in [0.5, 0.6) is 0 Å². The predicted octanol–water partition coefficient (Wildman–Crippen LogP) is 2.23. The van der Waals surface area contributed by atoms with E-state index in [4.69, 9.17) is 14.9 Å². The number of nitrogens with one attached hydrogen (secondary N) is 1. The molecule has 1 spiro atoms. The van der Waals surface area contributed by atoms with Gasteiger partial charge in [0.15, 0.2) is 5.78 Å². The van der Waals surface area contributed by atoms with Gasteiger partial charge in [-0.05, 0) is 17.0 Å². The molecule has 154 valence electrons. The normalized spacial score (nSPS) is 26.8. The van der Waals surface area contributed by atoms with Crippen LogP contribution in [0, 0.1) is 28.1 Å². The Labute approximate surface area is 173 Å². The molecule has 0 saturated carbocycles. The van der Waals surface area contributed by atoms with Gasteiger partial charge in [-0.15, -0.1) is 0 Å². The molecule has 1 aliphatic carbocycles. The van der Waals surface area contributed by atoms with Crippen molar-refractivity contribution in [1.82, 2.24) is 0 Å². The maximum atomic E-state index is 13.9. The molecule has 0 aromatic heterocycles. The lowest BCUT2D eigenvalue weighted by Crippen LogP contribution is -2.56. The number of anilines is 1. The van der Waals surface area contributed by atoms with Crippen LogP contribution in [0.1, 0.15) is 32.3 Å². The molecule has 0 fully saturated rings. The molecule has 0 radical (unpaired) electrons. The minimum Gasteiger partial charge on any atom is -0.468 e. The number of nitriles is 1. The number of carbonyl (C=O) groups is 3. The molecule has 4 rings (SSSR count). The Morgan fingerprint density at radius 2 is 2.03 bits per heavy atom. The van der Waals surface area contributed by atoms with Crippen molar-refractivity contribution in [2.24, 2.45) is 11.3 Å². The summed E-state index contributed by atoms with van der Waals surface area (Å²) in [6.45, 7) is 3.47. The number of ether oxygens (including phenoxy) is 2. The van der Waals surface area contributed by atoms with E-state index in [-0.39, 0.29) is 36.0 Å². The number of Topliss-reactive ketones (excluding diaryl/α,β-unsaturated/α-hetero) is 1. The van der Waals surface area contributed by atoms with E-state index in [1.807, 2.05) is 19.9 Å². The van der Waals surface area contributed by atoms with E-state index in [0.717, 1.165) is 0 Å². The maximum absolute atomic E-state index is 13.9. The molecule has 1 aromatic rings. The summed E-state index contributed by atoms with van der Waals surface area (Å²) in [5.74, 6) is -2.93. The Bertz CT molecular complexity index is 1080. The number of para-hydroxylation sites is 1. The number of esters is 1. The molecule has 30 heavy (non-hydrogen) atoms. The second kappa shape index (κ2) is 6.52. The van der Waals surface area contributed by atoms with Crippen LogP contribution in [0.4, 0.5) is 5.69 Å². The van der Waals surface area contributed by atoms with E-state index in [9.17, 15) is 19.6 Å². The molecule has 1 amide bonds. The number of fused-ring (bicyclic) bond motifs is 3. The van der Waals surface area contributed by atoms with E-state index in [2.05, 4.69) is 0 Å². The molecular formula is C22H21N3O5. The highest BCUT2D eigenvalue weighted by molar-refractivity contribution is 6.21. The first-order chi connectivity index (χ1) is 14.2. The van der Waals surface area contributed by atoms with E-state index in [0.29, 0.717) is 17.7 Å². The average molecular weight is 407 g/mol. The summed E-state index contributed by atoms with van der Waals surface area (Å²) in [7, 11) is 1.22. The van der Waals surface area contributed by atoms with Gasteiger partial charge in [-0.3, -0.25) is 24.7 Å². The molecule has 8 heteroatoms. The van der Waals surface area contributed by atoms with Crippen LogP contribution in [0.15, 0.2) is 35.6 Å². The molecular weight excluding hydrogens is 386 g/mol. The van der Waals surface area contributed by atoms with E-state index < -0.39 is 28.6 Å². The van der Waals surface area contributed by atoms with Crippen molar-refractivity contribution in [2.45, 2.75) is 32.1 Å². The van der Waals surface area contributed by atoms with Gasteiger partial charge < -0.3 is 9.47 Å². The fraction of sp³-hybridized carbons (Fsp3) is 0.409. The number of allylic oxidation sites excluding steroid dienone is 1. The van der Waals surface area contributed by atoms with Gasteiger partial charge in [-0.2, -0.15) is 5.26 Å². The van der Waals surface area contributed by atoms with Gasteiger partial charge in [0.2, 0.25) is 11.8 Å². The second-order valence-corrected chi connectivity index (χ2v) is 8.56. The summed E-state index contributed by atoms with van der Waals surface area (Å²) in [6.07, 6.45) is 0.553. The van der Waals surface area contributed by atoms with E-state index >= 15 is 0 Å². The third-order valence-corrected chi connectivity index (χ3v) is 6.00. The van der Waals surface area contributed by atoms with Gasteiger partial charge in [0, 0.05) is 18.5 Å². The second-order valence-electron chi connectivity index (χ2n) is 8.56. The highest BCUT2D eigenvalue weighted by atomic mass is 16.5. The minimum atomic E-state index is -1.71. The first-order valence-electron chi connectivity index (χ1n) is 9.58. The van der Waals surface area contributed by atoms with Crippen molar-refractivity contribution in [3.8, 4) is 6.07 Å². The number of nitrogens with zero attached hydrogens (tertiary/aromatic N) is 2. The number of carbonyl (C=O) groups excluding carboxylic acids is 3. The van der Waals surface area contributed by atoms with Crippen molar-refractivity contribution in [3.63, 3.8) is 0 Å². The zero-order chi connectivity index (χ0) is 21.8. The SMILES string of the molecule is COC(=O)CN1C(=O)C2(C3=C(CC(C)(C)CC3=O)OC(=N)C2C#N)c2ccccc21. The first-order valence-corrected chi connectivity index (χ1v) is 9.58. The fourth-order valence-corrected chi connectivity index (χ4v) is 4.83. The summed E-state index contributed by atoms with van der Waals surface area (Å²) in [5, 5.41) is 18.3. The highest BCUT2D eigenvalue weighted by Gasteiger charge is 2.65. The van der Waals surface area contributed by atoms with Gasteiger partial charge in [0.25, 0.3) is 0 Å². The van der Waals surface area contributed by atoms with Crippen molar-refractivity contribution >= 4 is 29.2 Å². The van der Waals surface area contributed by atoms with E-state index in [1.54, 1.807) is 24.3 Å². The third-order valence-electron chi connectivity index (χ3n) is 6.00. The monoisotopic (exact) mass is 407 g/mol. The lowest BCUT2D eigenvalue weighted by molar-refractivity contribution is -0.140. The molecule has 2 atom stereocenters. The summed E-state index contributed by atoms with van der Waals surface area (Å²) in [4.78, 5) is 40.5. The Kier molecular flexibility index (Phi) is 4.31. The van der Waals surface area contributed by atoms with Gasteiger partial charge in [-0.25, -0.2) is 0 Å². The Morgan fingerprint density at radius 3 is 2.70 bits per heavy atom. The number of methoxy groups -OCH3 is 1. The molecule has 2 aliphatic heterocycles. The number of ketones is 1. The summed E-state index contributed by atoms with van der Waals surface area (Å²) < 4.78 is 10.4. The van der Waals surface area contributed by atoms with Crippen LogP contribution >= 0.6 is 0 Å². The molecule has 0 saturated heterocycles. The number of hydrogen-bond donors (Lipinski definition) is 1. The summed E-state index contributed by atoms with van der Waals surface area (Å²) in [5.41, 5.74) is -1.12. The van der Waals surface area contributed by atoms with Crippen molar-refractivity contribution in [3.05, 3.63) is 41.2 Å². The lowest BCUT2D eigenvalue weighted by atomic mass is 9.59. The van der Waals surface area contributed by atoms with Crippen molar-refractivity contribution in [2.75, 3.05) is 18.6 Å². The molecule has 1 aromatic carbocycles. The zero-order valence-corrected chi connectivity index (χ0v) is 16.9. The summed E-state index contributed by atoms with van der Waals surface area (Å²) >= 11 is 0. The van der Waals surface area contributed by atoms with Crippen LogP contribution < -0.4 is 4.90 Å². The first kappa shape index (κ1) is 19.8. The minimum absolute atomic E-state index is 0.134. The number of amides is 1. The third kappa shape index (κ3) is 2.51. The van der Waals surface area contributed by atoms with Gasteiger partial charge in [0.05, 0.1) is 18.8 Å². The maximum Gasteiger partial charge on any atom is 0.325 e. The smallest absolute Gasteiger partial charge is 0.325 e. The van der Waals surface area contributed by atoms with Crippen LogP contribution in [-0.4, -0.2) is 37.2 Å². The van der Waals surface area contributed by atoms with Gasteiger partial charge in [-0.1, -0.05) is 32.0 Å². The molecule has 2 heterocycles. The Hall–Kier alpha value is -3.47. The lowest BCUT2D eigenvalue weighted by Gasteiger charge is -2.43. The van der Waals surface area contributed by atoms with Crippen LogP contribution in [0.25, 0.3) is 0 Å². The predicted molar refractivity (Wildman–Crippen MR) is 105 cm³/mol.